The SMILES string of the molecule is O=C(CC1(n2cccc2)CCSCC1)NCC1CCCN2CCCCC12. The first-order valence-electron chi connectivity index (χ1n) is 10.5. The minimum atomic E-state index is -0.0116. The third kappa shape index (κ3) is 3.99. The molecule has 0 aromatic carbocycles. The Labute approximate surface area is 162 Å². The summed E-state index contributed by atoms with van der Waals surface area (Å²) in [5, 5.41) is 3.33. The van der Waals surface area contributed by atoms with Crippen molar-refractivity contribution in [3.8, 4) is 0 Å². The molecule has 4 heterocycles. The molecule has 3 aliphatic rings. The van der Waals surface area contributed by atoms with E-state index in [1.54, 1.807) is 0 Å². The van der Waals surface area contributed by atoms with Gasteiger partial charge in [0.2, 0.25) is 5.91 Å². The van der Waals surface area contributed by atoms with Crippen LogP contribution in [0, 0.1) is 5.92 Å². The summed E-state index contributed by atoms with van der Waals surface area (Å²) in [6, 6.07) is 4.88. The van der Waals surface area contributed by atoms with E-state index in [4.69, 9.17) is 0 Å². The van der Waals surface area contributed by atoms with Gasteiger partial charge in [-0.25, -0.2) is 0 Å². The molecular weight excluding hydrogens is 342 g/mol. The molecular formula is C21H33N3OS. The van der Waals surface area contributed by atoms with E-state index in [2.05, 4.69) is 39.3 Å². The fourth-order valence-electron chi connectivity index (χ4n) is 5.35. The molecule has 0 bridgehead atoms. The minimum Gasteiger partial charge on any atom is -0.356 e. The molecule has 1 aromatic heterocycles. The number of amides is 1. The van der Waals surface area contributed by atoms with Gasteiger partial charge in [0.1, 0.15) is 0 Å². The van der Waals surface area contributed by atoms with Crippen molar-refractivity contribution in [1.29, 1.82) is 0 Å². The van der Waals surface area contributed by atoms with E-state index in [1.807, 2.05) is 11.8 Å². The molecule has 0 radical (unpaired) electrons. The molecule has 3 aliphatic heterocycles. The van der Waals surface area contributed by atoms with Gasteiger partial charge in [0.05, 0.1) is 12.0 Å². The van der Waals surface area contributed by atoms with Crippen molar-refractivity contribution in [3.63, 3.8) is 0 Å². The fraction of sp³-hybridized carbons (Fsp3) is 0.762. The van der Waals surface area contributed by atoms with Crippen LogP contribution in [0.2, 0.25) is 0 Å². The number of carbonyl (C=O) groups is 1. The van der Waals surface area contributed by atoms with Gasteiger partial charge in [-0.3, -0.25) is 4.79 Å². The Balaban J connectivity index is 1.35. The van der Waals surface area contributed by atoms with Gasteiger partial charge in [0, 0.05) is 25.0 Å². The highest BCUT2D eigenvalue weighted by Crippen LogP contribution is 2.37. The lowest BCUT2D eigenvalue weighted by atomic mass is 9.83. The van der Waals surface area contributed by atoms with E-state index in [0.29, 0.717) is 18.4 Å². The molecule has 1 N–H and O–H groups in total. The average Bonchev–Trinajstić information content (AvgIpc) is 3.23. The highest BCUT2D eigenvalue weighted by molar-refractivity contribution is 7.99. The van der Waals surface area contributed by atoms with Gasteiger partial charge in [-0.1, -0.05) is 6.42 Å². The third-order valence-electron chi connectivity index (χ3n) is 6.86. The number of carbonyl (C=O) groups excluding carboxylic acids is 1. The van der Waals surface area contributed by atoms with Crippen molar-refractivity contribution in [2.75, 3.05) is 31.1 Å². The fourth-order valence-corrected chi connectivity index (χ4v) is 6.60. The van der Waals surface area contributed by atoms with Crippen LogP contribution in [0.5, 0.6) is 0 Å². The number of aromatic nitrogens is 1. The van der Waals surface area contributed by atoms with Crippen LogP contribution in [-0.2, 0) is 10.3 Å². The van der Waals surface area contributed by atoms with E-state index in [0.717, 1.165) is 30.9 Å². The lowest BCUT2D eigenvalue weighted by molar-refractivity contribution is -0.123. The van der Waals surface area contributed by atoms with Crippen molar-refractivity contribution < 1.29 is 4.79 Å². The molecule has 3 fully saturated rings. The molecule has 3 saturated heterocycles. The summed E-state index contributed by atoms with van der Waals surface area (Å²) in [7, 11) is 0. The summed E-state index contributed by atoms with van der Waals surface area (Å²) in [4.78, 5) is 15.6. The van der Waals surface area contributed by atoms with Gasteiger partial charge >= 0.3 is 0 Å². The van der Waals surface area contributed by atoms with E-state index >= 15 is 0 Å². The van der Waals surface area contributed by atoms with Crippen LogP contribution in [0.3, 0.4) is 0 Å². The zero-order chi connectivity index (χ0) is 17.8. The lowest BCUT2D eigenvalue weighted by Gasteiger charge is -2.44. The summed E-state index contributed by atoms with van der Waals surface area (Å²) in [5.41, 5.74) is -0.0116. The maximum atomic E-state index is 12.9. The Morgan fingerprint density at radius 3 is 2.65 bits per heavy atom. The Bertz CT molecular complexity index is 580. The van der Waals surface area contributed by atoms with Crippen molar-refractivity contribution >= 4 is 17.7 Å². The van der Waals surface area contributed by atoms with Gasteiger partial charge in [0.15, 0.2) is 0 Å². The molecule has 2 unspecified atom stereocenters. The Kier molecular flexibility index (Phi) is 5.94. The maximum Gasteiger partial charge on any atom is 0.222 e. The number of nitrogens with zero attached hydrogens (tertiary/aromatic N) is 2. The first kappa shape index (κ1) is 18.4. The van der Waals surface area contributed by atoms with Crippen LogP contribution in [0.15, 0.2) is 24.5 Å². The zero-order valence-corrected chi connectivity index (χ0v) is 16.7. The standard InChI is InChI=1S/C21H33N3OS/c25-20(16-21(8-14-26-15-9-21)24-12-3-4-13-24)22-17-18-6-5-11-23-10-2-1-7-19(18)23/h3-4,12-13,18-19H,1-2,5-11,14-17H2,(H,22,25). The highest BCUT2D eigenvalue weighted by atomic mass is 32.2. The molecule has 26 heavy (non-hydrogen) atoms. The summed E-state index contributed by atoms with van der Waals surface area (Å²) >= 11 is 2.02. The van der Waals surface area contributed by atoms with E-state index in [1.165, 1.54) is 45.2 Å². The number of rotatable bonds is 5. The molecule has 2 atom stereocenters. The van der Waals surface area contributed by atoms with Crippen molar-refractivity contribution in [3.05, 3.63) is 24.5 Å². The van der Waals surface area contributed by atoms with Gasteiger partial charge in [-0.15, -0.1) is 0 Å². The molecule has 1 aromatic rings. The Hall–Kier alpha value is -0.940. The maximum absolute atomic E-state index is 12.9. The van der Waals surface area contributed by atoms with Crippen molar-refractivity contribution in [1.82, 2.24) is 14.8 Å². The first-order chi connectivity index (χ1) is 12.8. The van der Waals surface area contributed by atoms with Gasteiger partial charge in [-0.2, -0.15) is 11.8 Å². The van der Waals surface area contributed by atoms with E-state index < -0.39 is 0 Å². The van der Waals surface area contributed by atoms with Crippen LogP contribution < -0.4 is 5.32 Å². The molecule has 4 rings (SSSR count). The highest BCUT2D eigenvalue weighted by Gasteiger charge is 2.37. The average molecular weight is 376 g/mol. The summed E-state index contributed by atoms with van der Waals surface area (Å²) in [6.45, 7) is 3.41. The van der Waals surface area contributed by atoms with E-state index in [9.17, 15) is 4.79 Å². The lowest BCUT2D eigenvalue weighted by Crippen LogP contribution is -2.51. The molecule has 0 spiro atoms. The summed E-state index contributed by atoms with van der Waals surface area (Å²) in [5.74, 6) is 3.21. The number of piperidine rings is 2. The monoisotopic (exact) mass is 375 g/mol. The van der Waals surface area contributed by atoms with Crippen LogP contribution in [0.1, 0.15) is 51.4 Å². The van der Waals surface area contributed by atoms with Crippen molar-refractivity contribution in [2.45, 2.75) is 62.9 Å². The number of thioether (sulfide) groups is 1. The smallest absolute Gasteiger partial charge is 0.222 e. The minimum absolute atomic E-state index is 0.0116. The first-order valence-corrected chi connectivity index (χ1v) is 11.6. The predicted molar refractivity (Wildman–Crippen MR) is 109 cm³/mol. The molecule has 5 heteroatoms. The number of nitrogens with one attached hydrogen (secondary N) is 1. The quantitative estimate of drug-likeness (QED) is 0.856. The topological polar surface area (TPSA) is 37.3 Å². The second kappa shape index (κ2) is 8.39. The zero-order valence-electron chi connectivity index (χ0n) is 15.9. The van der Waals surface area contributed by atoms with Crippen LogP contribution >= 0.6 is 11.8 Å². The largest absolute Gasteiger partial charge is 0.356 e. The van der Waals surface area contributed by atoms with Gasteiger partial charge < -0.3 is 14.8 Å². The number of hydrogen-bond donors (Lipinski definition) is 1. The molecule has 4 nitrogen and oxygen atoms in total. The molecule has 0 aliphatic carbocycles. The van der Waals surface area contributed by atoms with E-state index in [-0.39, 0.29) is 11.4 Å². The van der Waals surface area contributed by atoms with Crippen LogP contribution in [0.25, 0.3) is 0 Å². The predicted octanol–water partition coefficient (Wildman–Crippen LogP) is 3.48. The van der Waals surface area contributed by atoms with Crippen molar-refractivity contribution in [2.24, 2.45) is 5.92 Å². The molecule has 1 amide bonds. The number of fused-ring (bicyclic) bond motifs is 1. The number of hydrogen-bond acceptors (Lipinski definition) is 3. The molecule has 0 saturated carbocycles. The van der Waals surface area contributed by atoms with Gasteiger partial charge in [0.25, 0.3) is 0 Å². The van der Waals surface area contributed by atoms with Crippen LogP contribution in [0.4, 0.5) is 0 Å². The second-order valence-corrected chi connectivity index (χ2v) is 9.63. The molecule has 144 valence electrons. The normalized spacial score (nSPS) is 29.1. The second-order valence-electron chi connectivity index (χ2n) is 8.41. The summed E-state index contributed by atoms with van der Waals surface area (Å²) < 4.78 is 2.30. The van der Waals surface area contributed by atoms with Crippen LogP contribution in [-0.4, -0.2) is 52.6 Å². The Morgan fingerprint density at radius 1 is 1.08 bits per heavy atom. The third-order valence-corrected chi connectivity index (χ3v) is 7.84. The Morgan fingerprint density at radius 2 is 1.85 bits per heavy atom. The van der Waals surface area contributed by atoms with Gasteiger partial charge in [-0.05, 0) is 81.2 Å². The summed E-state index contributed by atoms with van der Waals surface area (Å²) in [6.07, 6.45) is 13.7.